The molecule has 2 rings (SSSR count). The maximum Gasteiger partial charge on any atom is 0.252 e. The first-order valence-electron chi connectivity index (χ1n) is 6.67. The summed E-state index contributed by atoms with van der Waals surface area (Å²) in [7, 11) is 1.98. The molecule has 0 heterocycles. The van der Waals surface area contributed by atoms with E-state index in [1.54, 1.807) is 18.2 Å². The molecule has 0 saturated heterocycles. The minimum atomic E-state index is -0.193. The molecule has 0 radical (unpaired) electrons. The normalized spacial score (nSPS) is 10.2. The number of nitrogen functional groups attached to an aromatic ring is 1. The number of amides is 1. The molecule has 3 N–H and O–H groups in total. The van der Waals surface area contributed by atoms with Crippen molar-refractivity contribution in [2.45, 2.75) is 0 Å². The highest BCUT2D eigenvalue weighted by molar-refractivity contribution is 6.34. The molecule has 5 heteroatoms. The van der Waals surface area contributed by atoms with E-state index in [9.17, 15) is 4.79 Å². The molecule has 0 spiro atoms. The summed E-state index contributed by atoms with van der Waals surface area (Å²) in [5.74, 6) is -0.193. The van der Waals surface area contributed by atoms with Gasteiger partial charge in [0.15, 0.2) is 0 Å². The van der Waals surface area contributed by atoms with Gasteiger partial charge in [0.1, 0.15) is 0 Å². The Kier molecular flexibility index (Phi) is 5.06. The second kappa shape index (κ2) is 6.99. The van der Waals surface area contributed by atoms with E-state index in [1.807, 2.05) is 37.4 Å². The summed E-state index contributed by atoms with van der Waals surface area (Å²) in [6.45, 7) is 1.24. The third-order valence-corrected chi connectivity index (χ3v) is 3.48. The third kappa shape index (κ3) is 4.13. The second-order valence-electron chi connectivity index (χ2n) is 4.75. The molecule has 0 aliphatic carbocycles. The average Bonchev–Trinajstić information content (AvgIpc) is 2.47. The molecule has 0 unspecified atom stereocenters. The number of nitrogens with zero attached hydrogens (tertiary/aromatic N) is 1. The molecule has 4 nitrogen and oxygen atoms in total. The number of nitrogens with two attached hydrogens (primary N) is 1. The molecule has 0 aromatic heterocycles. The lowest BCUT2D eigenvalue weighted by atomic mass is 10.2. The summed E-state index contributed by atoms with van der Waals surface area (Å²) < 4.78 is 0. The van der Waals surface area contributed by atoms with Crippen LogP contribution < -0.4 is 16.0 Å². The number of para-hydroxylation sites is 1. The SMILES string of the molecule is CN(CCNC(=O)c1ccc(N)cc1Cl)c1ccccc1. The van der Waals surface area contributed by atoms with E-state index in [-0.39, 0.29) is 5.91 Å². The number of carbonyl (C=O) groups is 1. The van der Waals surface area contributed by atoms with Crippen molar-refractivity contribution in [2.75, 3.05) is 30.8 Å². The number of hydrogen-bond acceptors (Lipinski definition) is 3. The van der Waals surface area contributed by atoms with Gasteiger partial charge in [0.2, 0.25) is 0 Å². The molecule has 21 heavy (non-hydrogen) atoms. The van der Waals surface area contributed by atoms with Crippen LogP contribution in [0.1, 0.15) is 10.4 Å². The number of hydrogen-bond donors (Lipinski definition) is 2. The highest BCUT2D eigenvalue weighted by Gasteiger charge is 2.10. The van der Waals surface area contributed by atoms with E-state index in [2.05, 4.69) is 10.2 Å². The second-order valence-corrected chi connectivity index (χ2v) is 5.16. The van der Waals surface area contributed by atoms with E-state index in [4.69, 9.17) is 17.3 Å². The van der Waals surface area contributed by atoms with Crippen LogP contribution in [0.25, 0.3) is 0 Å². The molecule has 0 fully saturated rings. The van der Waals surface area contributed by atoms with Gasteiger partial charge in [-0.2, -0.15) is 0 Å². The summed E-state index contributed by atoms with van der Waals surface area (Å²) in [4.78, 5) is 14.1. The van der Waals surface area contributed by atoms with Crippen LogP contribution in [0, 0.1) is 0 Å². The van der Waals surface area contributed by atoms with Crippen LogP contribution >= 0.6 is 11.6 Å². The summed E-state index contributed by atoms with van der Waals surface area (Å²) in [5.41, 5.74) is 7.70. The lowest BCUT2D eigenvalue weighted by molar-refractivity contribution is 0.0955. The lowest BCUT2D eigenvalue weighted by Gasteiger charge is -2.19. The van der Waals surface area contributed by atoms with Crippen LogP contribution in [0.2, 0.25) is 5.02 Å². The third-order valence-electron chi connectivity index (χ3n) is 3.17. The Morgan fingerprint density at radius 3 is 2.62 bits per heavy atom. The predicted octanol–water partition coefficient (Wildman–Crippen LogP) is 2.79. The van der Waals surface area contributed by atoms with Gasteiger partial charge in [0, 0.05) is 31.5 Å². The predicted molar refractivity (Wildman–Crippen MR) is 87.9 cm³/mol. The first kappa shape index (κ1) is 15.2. The molecule has 0 bridgehead atoms. The van der Waals surface area contributed by atoms with Gasteiger partial charge >= 0.3 is 0 Å². The van der Waals surface area contributed by atoms with Crippen molar-refractivity contribution in [1.82, 2.24) is 5.32 Å². The molecule has 2 aromatic carbocycles. The molecule has 0 aliphatic heterocycles. The van der Waals surface area contributed by atoms with E-state index in [0.717, 1.165) is 5.69 Å². The van der Waals surface area contributed by atoms with E-state index in [0.29, 0.717) is 29.4 Å². The number of halogens is 1. The number of likely N-dealkylation sites (N-methyl/N-ethyl adjacent to an activating group) is 1. The number of rotatable bonds is 5. The van der Waals surface area contributed by atoms with Crippen LogP contribution in [0.15, 0.2) is 48.5 Å². The zero-order valence-electron chi connectivity index (χ0n) is 11.8. The highest BCUT2D eigenvalue weighted by atomic mass is 35.5. The van der Waals surface area contributed by atoms with Gasteiger partial charge in [-0.25, -0.2) is 0 Å². The monoisotopic (exact) mass is 303 g/mol. The van der Waals surface area contributed by atoms with Gasteiger partial charge < -0.3 is 16.0 Å². The number of nitrogens with one attached hydrogen (secondary N) is 1. The van der Waals surface area contributed by atoms with E-state index < -0.39 is 0 Å². The number of carbonyl (C=O) groups excluding carboxylic acids is 1. The standard InChI is InChI=1S/C16H18ClN3O/c1-20(13-5-3-2-4-6-13)10-9-19-16(21)14-8-7-12(18)11-15(14)17/h2-8,11H,9-10,18H2,1H3,(H,19,21). The fourth-order valence-electron chi connectivity index (χ4n) is 1.96. The molecule has 2 aromatic rings. The van der Waals surface area contributed by atoms with Crippen molar-refractivity contribution in [3.8, 4) is 0 Å². The quantitative estimate of drug-likeness (QED) is 0.835. The van der Waals surface area contributed by atoms with E-state index in [1.165, 1.54) is 0 Å². The maximum atomic E-state index is 12.0. The zero-order valence-corrected chi connectivity index (χ0v) is 12.6. The Balaban J connectivity index is 1.87. The van der Waals surface area contributed by atoms with Crippen molar-refractivity contribution < 1.29 is 4.79 Å². The van der Waals surface area contributed by atoms with Crippen LogP contribution in [0.4, 0.5) is 11.4 Å². The van der Waals surface area contributed by atoms with Gasteiger partial charge in [-0.1, -0.05) is 29.8 Å². The van der Waals surface area contributed by atoms with Gasteiger partial charge in [-0.3, -0.25) is 4.79 Å². The summed E-state index contributed by atoms with van der Waals surface area (Å²) in [6, 6.07) is 14.9. The Bertz CT molecular complexity index is 616. The maximum absolute atomic E-state index is 12.0. The molecule has 0 saturated carbocycles. The van der Waals surface area contributed by atoms with E-state index >= 15 is 0 Å². The average molecular weight is 304 g/mol. The molecule has 0 atom stereocenters. The molecule has 110 valence electrons. The van der Waals surface area contributed by atoms with Crippen molar-refractivity contribution in [3.63, 3.8) is 0 Å². The molecular weight excluding hydrogens is 286 g/mol. The largest absolute Gasteiger partial charge is 0.399 e. The van der Waals surface area contributed by atoms with Gasteiger partial charge in [0.25, 0.3) is 5.91 Å². The fraction of sp³-hybridized carbons (Fsp3) is 0.188. The first-order valence-corrected chi connectivity index (χ1v) is 7.05. The smallest absolute Gasteiger partial charge is 0.252 e. The highest BCUT2D eigenvalue weighted by Crippen LogP contribution is 2.18. The van der Waals surface area contributed by atoms with Crippen LogP contribution in [0.5, 0.6) is 0 Å². The Morgan fingerprint density at radius 2 is 1.95 bits per heavy atom. The van der Waals surface area contributed by atoms with Gasteiger partial charge in [0.05, 0.1) is 10.6 Å². The molecular formula is C16H18ClN3O. The minimum absolute atomic E-state index is 0.193. The van der Waals surface area contributed by atoms with Crippen LogP contribution in [-0.4, -0.2) is 26.0 Å². The van der Waals surface area contributed by atoms with Crippen molar-refractivity contribution in [1.29, 1.82) is 0 Å². The molecule has 0 aliphatic rings. The zero-order chi connectivity index (χ0) is 15.2. The summed E-state index contributed by atoms with van der Waals surface area (Å²) in [6.07, 6.45) is 0. The van der Waals surface area contributed by atoms with Crippen molar-refractivity contribution in [2.24, 2.45) is 0 Å². The topological polar surface area (TPSA) is 58.4 Å². The Hall–Kier alpha value is -2.20. The van der Waals surface area contributed by atoms with Gasteiger partial charge in [-0.15, -0.1) is 0 Å². The van der Waals surface area contributed by atoms with Crippen LogP contribution in [-0.2, 0) is 0 Å². The van der Waals surface area contributed by atoms with Crippen molar-refractivity contribution in [3.05, 3.63) is 59.1 Å². The number of anilines is 2. The summed E-state index contributed by atoms with van der Waals surface area (Å²) >= 11 is 6.01. The Morgan fingerprint density at radius 1 is 1.24 bits per heavy atom. The Labute approximate surface area is 129 Å². The minimum Gasteiger partial charge on any atom is -0.399 e. The van der Waals surface area contributed by atoms with Crippen LogP contribution in [0.3, 0.4) is 0 Å². The lowest BCUT2D eigenvalue weighted by Crippen LogP contribution is -2.33. The van der Waals surface area contributed by atoms with Crippen molar-refractivity contribution >= 4 is 28.9 Å². The summed E-state index contributed by atoms with van der Waals surface area (Å²) in [5, 5.41) is 3.22. The molecule has 1 amide bonds. The number of benzene rings is 2. The fourth-order valence-corrected chi connectivity index (χ4v) is 2.23. The first-order chi connectivity index (χ1) is 10.1. The van der Waals surface area contributed by atoms with Gasteiger partial charge in [-0.05, 0) is 30.3 Å².